The topological polar surface area (TPSA) is 61.6 Å². The number of likely N-dealkylation sites (N-methyl/N-ethyl adjacent to an activating group) is 1. The molecule has 1 saturated heterocycles. The summed E-state index contributed by atoms with van der Waals surface area (Å²) in [7, 11) is 3.95. The van der Waals surface area contributed by atoms with Crippen LogP contribution in [-0.2, 0) is 4.79 Å². The maximum Gasteiger partial charge on any atom is 0.223 e. The third-order valence-electron chi connectivity index (χ3n) is 7.29. The number of rotatable bonds is 7. The van der Waals surface area contributed by atoms with E-state index in [2.05, 4.69) is 77.3 Å². The van der Waals surface area contributed by atoms with Crippen molar-refractivity contribution in [2.45, 2.75) is 64.0 Å². The van der Waals surface area contributed by atoms with Crippen LogP contribution in [0.5, 0.6) is 0 Å². The highest BCUT2D eigenvalue weighted by molar-refractivity contribution is 5.77. The minimum Gasteiger partial charge on any atom is -0.401 e. The average Bonchev–Trinajstić information content (AvgIpc) is 3.56. The van der Waals surface area contributed by atoms with Crippen molar-refractivity contribution in [2.75, 3.05) is 25.5 Å². The molecule has 0 aromatic heterocycles. The van der Waals surface area contributed by atoms with Gasteiger partial charge in [-0.05, 0) is 75.4 Å². The summed E-state index contributed by atoms with van der Waals surface area (Å²) in [4.78, 5) is 17.3. The molecule has 2 fully saturated rings. The van der Waals surface area contributed by atoms with Gasteiger partial charge in [0.15, 0.2) is 0 Å². The van der Waals surface area contributed by atoms with Gasteiger partial charge in [-0.15, -0.1) is 0 Å². The Labute approximate surface area is 206 Å². The molecule has 2 aliphatic rings. The number of likely N-dealkylation sites (tertiary alicyclic amines) is 1. The van der Waals surface area contributed by atoms with Gasteiger partial charge < -0.3 is 20.9 Å². The Morgan fingerprint density at radius 3 is 2.38 bits per heavy atom. The Kier molecular flexibility index (Phi) is 9.58. The number of amides is 1. The first-order chi connectivity index (χ1) is 16.4. The quantitative estimate of drug-likeness (QED) is 0.549. The molecule has 34 heavy (non-hydrogen) atoms. The van der Waals surface area contributed by atoms with Gasteiger partial charge in [0.05, 0.1) is 6.04 Å². The normalized spacial score (nSPS) is 18.8. The third kappa shape index (κ3) is 6.86. The lowest BCUT2D eigenvalue weighted by molar-refractivity contribution is -0.133. The molecule has 1 aliphatic heterocycles. The predicted octanol–water partition coefficient (Wildman–Crippen LogP) is 5.77. The summed E-state index contributed by atoms with van der Waals surface area (Å²) in [6.07, 6.45) is 8.02. The minimum atomic E-state index is 0.236. The van der Waals surface area contributed by atoms with E-state index in [0.717, 1.165) is 25.8 Å². The number of hydrogen-bond acceptors (Lipinski definition) is 4. The fourth-order valence-electron chi connectivity index (χ4n) is 4.92. The van der Waals surface area contributed by atoms with Crippen molar-refractivity contribution in [3.63, 3.8) is 0 Å². The van der Waals surface area contributed by atoms with Crippen molar-refractivity contribution in [3.8, 4) is 0 Å². The first-order valence-electron chi connectivity index (χ1n) is 12.7. The van der Waals surface area contributed by atoms with Gasteiger partial charge in [-0.1, -0.05) is 49.8 Å². The first kappa shape index (κ1) is 25.8. The number of para-hydroxylation sites is 1. The molecule has 184 valence electrons. The molecule has 3 N–H and O–H groups in total. The monoisotopic (exact) mass is 462 g/mol. The van der Waals surface area contributed by atoms with Gasteiger partial charge in [-0.2, -0.15) is 0 Å². The number of hydrogen-bond donors (Lipinski definition) is 2. The van der Waals surface area contributed by atoms with Crippen molar-refractivity contribution in [3.05, 3.63) is 72.4 Å². The zero-order valence-electron chi connectivity index (χ0n) is 21.2. The Balaban J connectivity index is 0.000000406. The molecule has 1 aliphatic carbocycles. The fraction of sp³-hybridized carbons (Fsp3) is 0.483. The number of nitrogens with one attached hydrogen (secondary N) is 1. The summed E-state index contributed by atoms with van der Waals surface area (Å²) in [5.41, 5.74) is 9.59. The maximum absolute atomic E-state index is 12.9. The highest BCUT2D eigenvalue weighted by atomic mass is 16.2. The molecule has 2 aromatic rings. The lowest BCUT2D eigenvalue weighted by Crippen LogP contribution is -2.31. The van der Waals surface area contributed by atoms with Gasteiger partial charge in [0.1, 0.15) is 0 Å². The SMILES string of the molecule is C=C(N)C(C)NC.CN(c1ccccc1)c1cccc([C@@H]2CCCN2C(=O)CC2CCCC2)c1. The summed E-state index contributed by atoms with van der Waals surface area (Å²) in [5.74, 6) is 0.987. The summed E-state index contributed by atoms with van der Waals surface area (Å²) in [6.45, 7) is 6.41. The Morgan fingerprint density at radius 2 is 1.76 bits per heavy atom. The molecule has 4 rings (SSSR count). The highest BCUT2D eigenvalue weighted by Crippen LogP contribution is 2.36. The summed E-state index contributed by atoms with van der Waals surface area (Å²) >= 11 is 0. The van der Waals surface area contributed by atoms with Crippen LogP contribution in [0.15, 0.2) is 66.9 Å². The highest BCUT2D eigenvalue weighted by Gasteiger charge is 2.31. The van der Waals surface area contributed by atoms with Gasteiger partial charge >= 0.3 is 0 Å². The van der Waals surface area contributed by atoms with Crippen LogP contribution >= 0.6 is 0 Å². The van der Waals surface area contributed by atoms with Gasteiger partial charge in [0.25, 0.3) is 0 Å². The second-order valence-electron chi connectivity index (χ2n) is 9.67. The Morgan fingerprint density at radius 1 is 1.09 bits per heavy atom. The number of benzene rings is 2. The third-order valence-corrected chi connectivity index (χ3v) is 7.29. The molecule has 2 aromatic carbocycles. The van der Waals surface area contributed by atoms with Crippen LogP contribution in [0.3, 0.4) is 0 Å². The summed E-state index contributed by atoms with van der Waals surface area (Å²) in [5, 5.41) is 2.94. The molecule has 1 heterocycles. The number of nitrogens with zero attached hydrogens (tertiary/aromatic N) is 2. The van der Waals surface area contributed by atoms with Crippen LogP contribution in [-0.4, -0.2) is 37.5 Å². The van der Waals surface area contributed by atoms with Crippen LogP contribution in [0.2, 0.25) is 0 Å². The molecule has 1 saturated carbocycles. The van der Waals surface area contributed by atoms with E-state index in [1.807, 2.05) is 20.0 Å². The van der Waals surface area contributed by atoms with Crippen molar-refractivity contribution >= 4 is 17.3 Å². The van der Waals surface area contributed by atoms with Gasteiger partial charge in [-0.25, -0.2) is 0 Å². The van der Waals surface area contributed by atoms with Gasteiger partial charge in [-0.3, -0.25) is 4.79 Å². The van der Waals surface area contributed by atoms with Gasteiger partial charge in [0, 0.05) is 43.1 Å². The van der Waals surface area contributed by atoms with E-state index in [9.17, 15) is 4.79 Å². The number of carbonyl (C=O) groups excluding carboxylic acids is 1. The van der Waals surface area contributed by atoms with E-state index in [4.69, 9.17) is 5.73 Å². The Bertz CT molecular complexity index is 923. The largest absolute Gasteiger partial charge is 0.401 e. The molecule has 5 heteroatoms. The molecule has 5 nitrogen and oxygen atoms in total. The van der Waals surface area contributed by atoms with E-state index in [0.29, 0.717) is 17.5 Å². The maximum atomic E-state index is 12.9. The minimum absolute atomic E-state index is 0.236. The van der Waals surface area contributed by atoms with E-state index >= 15 is 0 Å². The van der Waals surface area contributed by atoms with Crippen molar-refractivity contribution in [2.24, 2.45) is 11.7 Å². The standard InChI is InChI=1S/C24H30N2O.C5H12N2/c1-25(21-12-3-2-4-13-21)22-14-7-11-20(18-22)23-15-8-16-26(23)24(27)17-19-9-5-6-10-19;1-4(6)5(2)7-3/h2-4,7,11-14,18-19,23H,5-6,8-10,15-17H2,1H3;5,7H,1,6H2,2-3H3/t23-;/m0./s1. The molecule has 1 amide bonds. The molecule has 0 spiro atoms. The predicted molar refractivity (Wildman–Crippen MR) is 143 cm³/mol. The smallest absolute Gasteiger partial charge is 0.223 e. The van der Waals surface area contributed by atoms with Gasteiger partial charge in [0.2, 0.25) is 5.91 Å². The van der Waals surface area contributed by atoms with Crippen molar-refractivity contribution in [1.82, 2.24) is 10.2 Å². The lowest BCUT2D eigenvalue weighted by Gasteiger charge is -2.28. The molecule has 1 unspecified atom stereocenters. The van der Waals surface area contributed by atoms with Crippen LogP contribution in [0, 0.1) is 5.92 Å². The van der Waals surface area contributed by atoms with Crippen LogP contribution in [0.25, 0.3) is 0 Å². The summed E-state index contributed by atoms with van der Waals surface area (Å²) in [6, 6.07) is 19.6. The zero-order chi connectivity index (χ0) is 24.5. The van der Waals surface area contributed by atoms with Crippen LogP contribution in [0.4, 0.5) is 11.4 Å². The van der Waals surface area contributed by atoms with Crippen LogP contribution < -0.4 is 16.0 Å². The average molecular weight is 463 g/mol. The molecular formula is C29H42N4O. The second-order valence-corrected chi connectivity index (χ2v) is 9.67. The van der Waals surface area contributed by atoms with Crippen molar-refractivity contribution < 1.29 is 4.79 Å². The molecular weight excluding hydrogens is 420 g/mol. The number of nitrogens with two attached hydrogens (primary N) is 1. The van der Waals surface area contributed by atoms with E-state index < -0.39 is 0 Å². The molecule has 0 radical (unpaired) electrons. The Hall–Kier alpha value is -2.79. The summed E-state index contributed by atoms with van der Waals surface area (Å²) < 4.78 is 0. The second kappa shape index (κ2) is 12.6. The van der Waals surface area contributed by atoms with E-state index in [1.165, 1.54) is 42.6 Å². The lowest BCUT2D eigenvalue weighted by atomic mass is 10.0. The van der Waals surface area contributed by atoms with E-state index in [1.54, 1.807) is 0 Å². The number of anilines is 2. The van der Waals surface area contributed by atoms with Crippen molar-refractivity contribution in [1.29, 1.82) is 0 Å². The van der Waals surface area contributed by atoms with E-state index in [-0.39, 0.29) is 12.1 Å². The molecule has 2 atom stereocenters. The van der Waals surface area contributed by atoms with Crippen LogP contribution in [0.1, 0.15) is 63.5 Å². The fourth-order valence-corrected chi connectivity index (χ4v) is 4.92. The zero-order valence-corrected chi connectivity index (χ0v) is 21.2. The first-order valence-corrected chi connectivity index (χ1v) is 12.7. The molecule has 0 bridgehead atoms. The number of carbonyl (C=O) groups is 1.